The number of aromatic nitrogens is 2. The van der Waals surface area contributed by atoms with E-state index in [1.54, 1.807) is 7.05 Å². The second-order valence-electron chi connectivity index (χ2n) is 4.19. The Bertz CT molecular complexity index is 502. The van der Waals surface area contributed by atoms with E-state index in [0.717, 1.165) is 0 Å². The molecule has 0 aromatic carbocycles. The standard InChI is InChI=1S/C9H16N4O3S/c1-12-6-8(9(10)11-12)17(15,16)13-4-2-7(14)3-5-13/h6-7,14H,2-5H2,1H3,(H2,10,11). The van der Waals surface area contributed by atoms with Crippen LogP contribution in [0.5, 0.6) is 0 Å². The molecule has 8 heteroatoms. The van der Waals surface area contributed by atoms with Crippen molar-refractivity contribution in [2.75, 3.05) is 18.8 Å². The minimum atomic E-state index is -3.58. The van der Waals surface area contributed by atoms with Crippen LogP contribution in [0.25, 0.3) is 0 Å². The molecule has 0 spiro atoms. The van der Waals surface area contributed by atoms with Gasteiger partial charge >= 0.3 is 0 Å². The predicted molar refractivity (Wildman–Crippen MR) is 61.6 cm³/mol. The lowest BCUT2D eigenvalue weighted by atomic mass is 10.1. The summed E-state index contributed by atoms with van der Waals surface area (Å²) < 4.78 is 27.2. The largest absolute Gasteiger partial charge is 0.393 e. The molecule has 0 unspecified atom stereocenters. The lowest BCUT2D eigenvalue weighted by Crippen LogP contribution is -2.40. The van der Waals surface area contributed by atoms with Crippen LogP contribution in [0.1, 0.15) is 12.8 Å². The van der Waals surface area contributed by atoms with Crippen molar-refractivity contribution in [3.8, 4) is 0 Å². The number of aliphatic hydroxyl groups excluding tert-OH is 1. The van der Waals surface area contributed by atoms with Gasteiger partial charge < -0.3 is 10.8 Å². The van der Waals surface area contributed by atoms with Crippen LogP contribution in [0.3, 0.4) is 0 Å². The van der Waals surface area contributed by atoms with E-state index in [4.69, 9.17) is 5.73 Å². The predicted octanol–water partition coefficient (Wildman–Crippen LogP) is -0.852. The van der Waals surface area contributed by atoms with Gasteiger partial charge in [-0.1, -0.05) is 0 Å². The van der Waals surface area contributed by atoms with Crippen LogP contribution in [0.2, 0.25) is 0 Å². The number of nitrogens with zero attached hydrogens (tertiary/aromatic N) is 3. The zero-order valence-corrected chi connectivity index (χ0v) is 10.4. The molecule has 0 atom stereocenters. The van der Waals surface area contributed by atoms with Gasteiger partial charge in [-0.05, 0) is 12.8 Å². The van der Waals surface area contributed by atoms with Crippen LogP contribution >= 0.6 is 0 Å². The van der Waals surface area contributed by atoms with E-state index in [1.165, 1.54) is 15.2 Å². The summed E-state index contributed by atoms with van der Waals surface area (Å²) >= 11 is 0. The number of nitrogens with two attached hydrogens (primary N) is 1. The quantitative estimate of drug-likeness (QED) is 0.721. The van der Waals surface area contributed by atoms with Gasteiger partial charge in [0.25, 0.3) is 0 Å². The Morgan fingerprint density at radius 1 is 1.47 bits per heavy atom. The molecule has 0 saturated carbocycles. The topological polar surface area (TPSA) is 101 Å². The van der Waals surface area contributed by atoms with Crippen LogP contribution in [0.4, 0.5) is 5.82 Å². The first-order valence-corrected chi connectivity index (χ1v) is 6.82. The number of aliphatic hydroxyl groups is 1. The molecule has 17 heavy (non-hydrogen) atoms. The molecule has 2 heterocycles. The van der Waals surface area contributed by atoms with Crippen molar-refractivity contribution < 1.29 is 13.5 Å². The Hall–Kier alpha value is -1.12. The van der Waals surface area contributed by atoms with Gasteiger partial charge in [0, 0.05) is 26.3 Å². The second kappa shape index (κ2) is 4.28. The number of rotatable bonds is 2. The molecule has 0 aliphatic carbocycles. The maximum atomic E-state index is 12.2. The minimum absolute atomic E-state index is 0.0126. The molecular formula is C9H16N4O3S. The van der Waals surface area contributed by atoms with Gasteiger partial charge in [0.15, 0.2) is 5.82 Å². The number of anilines is 1. The van der Waals surface area contributed by atoms with E-state index in [9.17, 15) is 13.5 Å². The van der Waals surface area contributed by atoms with Crippen molar-refractivity contribution in [2.24, 2.45) is 7.05 Å². The van der Waals surface area contributed by atoms with Crippen LogP contribution in [0.15, 0.2) is 11.1 Å². The summed E-state index contributed by atoms with van der Waals surface area (Å²) in [5.74, 6) is 0.0126. The highest BCUT2D eigenvalue weighted by Crippen LogP contribution is 2.23. The van der Waals surface area contributed by atoms with E-state index in [-0.39, 0.29) is 10.7 Å². The Morgan fingerprint density at radius 2 is 2.06 bits per heavy atom. The van der Waals surface area contributed by atoms with E-state index >= 15 is 0 Å². The lowest BCUT2D eigenvalue weighted by molar-refractivity contribution is 0.113. The van der Waals surface area contributed by atoms with Crippen molar-refractivity contribution in [1.82, 2.24) is 14.1 Å². The Morgan fingerprint density at radius 3 is 2.53 bits per heavy atom. The zero-order valence-electron chi connectivity index (χ0n) is 9.57. The monoisotopic (exact) mass is 260 g/mol. The molecule has 1 aromatic rings. The Labute approximate surface area is 99.9 Å². The normalized spacial score (nSPS) is 19.6. The summed E-state index contributed by atoms with van der Waals surface area (Å²) in [6.07, 6.45) is 1.90. The molecule has 0 radical (unpaired) electrons. The molecule has 1 aliphatic heterocycles. The SMILES string of the molecule is Cn1cc(S(=O)(=O)N2CCC(O)CC2)c(N)n1. The van der Waals surface area contributed by atoms with Crippen LogP contribution in [0, 0.1) is 0 Å². The van der Waals surface area contributed by atoms with Gasteiger partial charge in [0.1, 0.15) is 4.90 Å². The third-order valence-electron chi connectivity index (χ3n) is 2.86. The van der Waals surface area contributed by atoms with Crippen molar-refractivity contribution in [3.05, 3.63) is 6.20 Å². The van der Waals surface area contributed by atoms with Crippen molar-refractivity contribution in [2.45, 2.75) is 23.8 Å². The van der Waals surface area contributed by atoms with Crippen LogP contribution < -0.4 is 5.73 Å². The fraction of sp³-hybridized carbons (Fsp3) is 0.667. The van der Waals surface area contributed by atoms with Gasteiger partial charge in [0.2, 0.25) is 10.0 Å². The average molecular weight is 260 g/mol. The number of aryl methyl sites for hydroxylation is 1. The summed E-state index contributed by atoms with van der Waals surface area (Å²) in [6, 6.07) is 0. The Balaban J connectivity index is 2.28. The number of hydrogen-bond acceptors (Lipinski definition) is 5. The second-order valence-corrected chi connectivity index (χ2v) is 6.09. The summed E-state index contributed by atoms with van der Waals surface area (Å²) in [4.78, 5) is 0.0383. The molecule has 7 nitrogen and oxygen atoms in total. The fourth-order valence-electron chi connectivity index (χ4n) is 1.90. The fourth-order valence-corrected chi connectivity index (χ4v) is 3.46. The Kier molecular flexibility index (Phi) is 3.11. The smallest absolute Gasteiger partial charge is 0.248 e. The summed E-state index contributed by atoms with van der Waals surface area (Å²) in [5.41, 5.74) is 5.57. The maximum absolute atomic E-state index is 12.2. The van der Waals surface area contributed by atoms with Gasteiger partial charge in [-0.25, -0.2) is 8.42 Å². The van der Waals surface area contributed by atoms with Crippen molar-refractivity contribution in [1.29, 1.82) is 0 Å². The average Bonchev–Trinajstić information content (AvgIpc) is 2.59. The summed E-state index contributed by atoms with van der Waals surface area (Å²) in [5, 5.41) is 13.2. The molecule has 0 amide bonds. The molecule has 1 aliphatic rings. The number of hydrogen-bond donors (Lipinski definition) is 2. The highest BCUT2D eigenvalue weighted by atomic mass is 32.2. The number of nitrogen functional groups attached to an aromatic ring is 1. The van der Waals surface area contributed by atoms with Gasteiger partial charge in [0.05, 0.1) is 6.10 Å². The molecule has 1 aromatic heterocycles. The third kappa shape index (κ3) is 2.28. The van der Waals surface area contributed by atoms with Gasteiger partial charge in [-0.2, -0.15) is 9.40 Å². The molecular weight excluding hydrogens is 244 g/mol. The van der Waals surface area contributed by atoms with E-state index in [1.807, 2.05) is 0 Å². The van der Waals surface area contributed by atoms with Crippen LogP contribution in [-0.2, 0) is 17.1 Å². The first kappa shape index (κ1) is 12.3. The molecule has 0 bridgehead atoms. The van der Waals surface area contributed by atoms with Crippen LogP contribution in [-0.4, -0.2) is 46.8 Å². The maximum Gasteiger partial charge on any atom is 0.248 e. The lowest BCUT2D eigenvalue weighted by Gasteiger charge is -2.28. The van der Waals surface area contributed by atoms with Crippen molar-refractivity contribution >= 4 is 15.8 Å². The first-order chi connectivity index (χ1) is 7.91. The highest BCUT2D eigenvalue weighted by molar-refractivity contribution is 7.89. The van der Waals surface area contributed by atoms with Gasteiger partial charge in [-0.15, -0.1) is 0 Å². The van der Waals surface area contributed by atoms with Gasteiger partial charge in [-0.3, -0.25) is 4.68 Å². The number of sulfonamides is 1. The highest BCUT2D eigenvalue weighted by Gasteiger charge is 2.31. The first-order valence-electron chi connectivity index (χ1n) is 5.38. The van der Waals surface area contributed by atoms with Crippen molar-refractivity contribution in [3.63, 3.8) is 0 Å². The van der Waals surface area contributed by atoms with E-state index in [0.29, 0.717) is 25.9 Å². The molecule has 2 rings (SSSR count). The summed E-state index contributed by atoms with van der Waals surface area (Å²) in [7, 11) is -1.96. The minimum Gasteiger partial charge on any atom is -0.393 e. The molecule has 96 valence electrons. The summed E-state index contributed by atoms with van der Waals surface area (Å²) in [6.45, 7) is 0.635. The third-order valence-corrected chi connectivity index (χ3v) is 4.78. The number of piperidine rings is 1. The molecule has 1 fully saturated rings. The van der Waals surface area contributed by atoms with E-state index < -0.39 is 16.1 Å². The molecule has 3 N–H and O–H groups in total. The zero-order chi connectivity index (χ0) is 12.6. The van der Waals surface area contributed by atoms with E-state index in [2.05, 4.69) is 5.10 Å². The molecule has 1 saturated heterocycles.